The van der Waals surface area contributed by atoms with Crippen LogP contribution in [0, 0.1) is 0 Å². The van der Waals surface area contributed by atoms with Gasteiger partial charge in [-0.25, -0.2) is 9.48 Å². The number of aromatic nitrogens is 2. The summed E-state index contributed by atoms with van der Waals surface area (Å²) in [6, 6.07) is 17.9. The fourth-order valence-electron chi connectivity index (χ4n) is 3.50. The molecule has 0 saturated carbocycles. The topological polar surface area (TPSA) is 62.6 Å². The van der Waals surface area contributed by atoms with E-state index in [0.29, 0.717) is 19.6 Å². The van der Waals surface area contributed by atoms with E-state index in [9.17, 15) is 4.79 Å². The van der Waals surface area contributed by atoms with Gasteiger partial charge in [-0.2, -0.15) is 5.10 Å². The zero-order chi connectivity index (χ0) is 20.1. The van der Waals surface area contributed by atoms with Gasteiger partial charge in [-0.3, -0.25) is 0 Å². The molecule has 7 heteroatoms. The molecule has 2 heterocycles. The maximum Gasteiger partial charge on any atom is 0.317 e. The van der Waals surface area contributed by atoms with Crippen molar-refractivity contribution >= 4 is 11.7 Å². The number of amides is 2. The summed E-state index contributed by atoms with van der Waals surface area (Å²) in [6.07, 6.45) is 3.72. The van der Waals surface area contributed by atoms with Crippen LogP contribution in [0.2, 0.25) is 0 Å². The van der Waals surface area contributed by atoms with Gasteiger partial charge in [0, 0.05) is 44.5 Å². The molecule has 150 valence electrons. The van der Waals surface area contributed by atoms with Gasteiger partial charge in [0.1, 0.15) is 5.75 Å². The molecule has 0 unspecified atom stereocenters. The van der Waals surface area contributed by atoms with Gasteiger partial charge in [0.2, 0.25) is 0 Å². The first-order valence-electron chi connectivity index (χ1n) is 9.74. The fourth-order valence-corrected chi connectivity index (χ4v) is 3.50. The Bertz CT molecular complexity index is 949. The van der Waals surface area contributed by atoms with Gasteiger partial charge < -0.3 is 19.9 Å². The monoisotopic (exact) mass is 391 g/mol. The van der Waals surface area contributed by atoms with Gasteiger partial charge in [0.15, 0.2) is 0 Å². The van der Waals surface area contributed by atoms with Crippen molar-refractivity contribution in [1.29, 1.82) is 0 Å². The number of anilines is 1. The van der Waals surface area contributed by atoms with Crippen molar-refractivity contribution in [3.05, 3.63) is 72.6 Å². The molecule has 0 atom stereocenters. The second-order valence-electron chi connectivity index (χ2n) is 6.93. The molecule has 2 amide bonds. The van der Waals surface area contributed by atoms with Gasteiger partial charge in [-0.05, 0) is 24.3 Å². The molecule has 1 aliphatic heterocycles. The predicted octanol–water partition coefficient (Wildman–Crippen LogP) is 2.91. The van der Waals surface area contributed by atoms with Crippen LogP contribution in [0.3, 0.4) is 0 Å². The summed E-state index contributed by atoms with van der Waals surface area (Å²) in [5, 5.41) is 7.37. The summed E-state index contributed by atoms with van der Waals surface area (Å²) in [6.45, 7) is 3.36. The molecule has 0 aliphatic carbocycles. The number of methoxy groups -OCH3 is 1. The van der Waals surface area contributed by atoms with Crippen molar-refractivity contribution in [2.45, 2.75) is 6.54 Å². The second kappa shape index (κ2) is 8.68. The van der Waals surface area contributed by atoms with E-state index >= 15 is 0 Å². The summed E-state index contributed by atoms with van der Waals surface area (Å²) in [7, 11) is 1.68. The third-order valence-electron chi connectivity index (χ3n) is 5.09. The van der Waals surface area contributed by atoms with E-state index in [4.69, 9.17) is 4.74 Å². The molecule has 1 aromatic heterocycles. The van der Waals surface area contributed by atoms with Crippen LogP contribution < -0.4 is 15.0 Å². The number of nitrogens with zero attached hydrogens (tertiary/aromatic N) is 4. The Balaban J connectivity index is 1.29. The molecule has 2 aromatic carbocycles. The van der Waals surface area contributed by atoms with Crippen molar-refractivity contribution in [2.75, 3.05) is 38.2 Å². The maximum absolute atomic E-state index is 12.6. The molecule has 1 N–H and O–H groups in total. The highest BCUT2D eigenvalue weighted by molar-refractivity contribution is 5.74. The number of nitrogens with one attached hydrogen (secondary N) is 1. The average Bonchev–Trinajstić information content (AvgIpc) is 3.27. The molecular formula is C22H25N5O2. The fraction of sp³-hybridized carbons (Fsp3) is 0.273. The summed E-state index contributed by atoms with van der Waals surface area (Å²) in [5.41, 5.74) is 3.04. The number of rotatable bonds is 5. The predicted molar refractivity (Wildman–Crippen MR) is 113 cm³/mol. The molecule has 4 rings (SSSR count). The lowest BCUT2D eigenvalue weighted by molar-refractivity contribution is 0.194. The number of ether oxygens (including phenoxy) is 1. The Morgan fingerprint density at radius 1 is 1.03 bits per heavy atom. The minimum atomic E-state index is -0.0443. The first-order valence-corrected chi connectivity index (χ1v) is 9.74. The highest BCUT2D eigenvalue weighted by Gasteiger charge is 2.22. The first-order chi connectivity index (χ1) is 14.2. The van der Waals surface area contributed by atoms with Crippen LogP contribution in [-0.2, 0) is 6.54 Å². The van der Waals surface area contributed by atoms with Gasteiger partial charge >= 0.3 is 6.03 Å². The molecule has 0 bridgehead atoms. The van der Waals surface area contributed by atoms with Gasteiger partial charge in [-0.15, -0.1) is 0 Å². The van der Waals surface area contributed by atoms with Crippen molar-refractivity contribution in [2.24, 2.45) is 0 Å². The number of carbonyl (C=O) groups excluding carboxylic acids is 1. The zero-order valence-electron chi connectivity index (χ0n) is 16.5. The molecule has 3 aromatic rings. The van der Waals surface area contributed by atoms with Crippen LogP contribution in [0.4, 0.5) is 10.5 Å². The first kappa shape index (κ1) is 18.9. The molecule has 1 saturated heterocycles. The Labute approximate surface area is 170 Å². The van der Waals surface area contributed by atoms with Crippen LogP contribution in [0.1, 0.15) is 5.56 Å². The van der Waals surface area contributed by atoms with E-state index in [-0.39, 0.29) is 6.03 Å². The minimum Gasteiger partial charge on any atom is -0.495 e. The van der Waals surface area contributed by atoms with Crippen molar-refractivity contribution in [3.8, 4) is 11.4 Å². The highest BCUT2D eigenvalue weighted by atomic mass is 16.5. The van der Waals surface area contributed by atoms with Gasteiger partial charge in [0.25, 0.3) is 0 Å². The summed E-state index contributed by atoms with van der Waals surface area (Å²) < 4.78 is 7.26. The largest absolute Gasteiger partial charge is 0.495 e. The molecule has 29 heavy (non-hydrogen) atoms. The quantitative estimate of drug-likeness (QED) is 0.726. The van der Waals surface area contributed by atoms with Gasteiger partial charge in [-0.1, -0.05) is 30.3 Å². The molecule has 0 spiro atoms. The summed E-state index contributed by atoms with van der Waals surface area (Å²) in [4.78, 5) is 16.7. The van der Waals surface area contributed by atoms with Crippen LogP contribution >= 0.6 is 0 Å². The lowest BCUT2D eigenvalue weighted by Gasteiger charge is -2.36. The lowest BCUT2D eigenvalue weighted by atomic mass is 10.2. The molecule has 0 radical (unpaired) electrons. The Kier molecular flexibility index (Phi) is 5.65. The average molecular weight is 391 g/mol. The molecule has 7 nitrogen and oxygen atoms in total. The van der Waals surface area contributed by atoms with Crippen LogP contribution in [0.25, 0.3) is 5.69 Å². The van der Waals surface area contributed by atoms with Crippen LogP contribution in [-0.4, -0.2) is 54.0 Å². The summed E-state index contributed by atoms with van der Waals surface area (Å²) >= 11 is 0. The van der Waals surface area contributed by atoms with E-state index in [2.05, 4.69) is 21.4 Å². The zero-order valence-corrected chi connectivity index (χ0v) is 16.5. The maximum atomic E-state index is 12.6. The number of urea groups is 1. The van der Waals surface area contributed by atoms with E-state index in [1.807, 2.05) is 64.3 Å². The van der Waals surface area contributed by atoms with Crippen molar-refractivity contribution in [3.63, 3.8) is 0 Å². The normalized spacial score (nSPS) is 14.0. The number of benzene rings is 2. The SMILES string of the molecule is COc1ccccc1N1CCN(C(=O)NCc2cnn(-c3ccccc3)c2)CC1. The van der Waals surface area contributed by atoms with E-state index < -0.39 is 0 Å². The smallest absolute Gasteiger partial charge is 0.317 e. The minimum absolute atomic E-state index is 0.0443. The molecular weight excluding hydrogens is 366 g/mol. The van der Waals surface area contributed by atoms with Crippen molar-refractivity contribution < 1.29 is 9.53 Å². The number of piperazine rings is 1. The standard InChI is InChI=1S/C22H25N5O2/c1-29-21-10-6-5-9-20(21)25-11-13-26(14-12-25)22(28)23-15-18-16-24-27(17-18)19-7-3-2-4-8-19/h2-10,16-17H,11-15H2,1H3,(H,23,28). The van der Waals surface area contributed by atoms with E-state index in [1.54, 1.807) is 13.3 Å². The Morgan fingerprint density at radius 3 is 2.52 bits per heavy atom. The third-order valence-corrected chi connectivity index (χ3v) is 5.09. The third kappa shape index (κ3) is 4.34. The summed E-state index contributed by atoms with van der Waals surface area (Å²) in [5.74, 6) is 0.862. The lowest BCUT2D eigenvalue weighted by Crippen LogP contribution is -2.51. The Morgan fingerprint density at radius 2 is 1.76 bits per heavy atom. The number of hydrogen-bond acceptors (Lipinski definition) is 4. The highest BCUT2D eigenvalue weighted by Crippen LogP contribution is 2.28. The Hall–Kier alpha value is -3.48. The van der Waals surface area contributed by atoms with E-state index in [1.165, 1.54) is 0 Å². The van der Waals surface area contributed by atoms with Crippen LogP contribution in [0.5, 0.6) is 5.75 Å². The molecule has 1 fully saturated rings. The second-order valence-corrected chi connectivity index (χ2v) is 6.93. The van der Waals surface area contributed by atoms with Crippen LogP contribution in [0.15, 0.2) is 67.0 Å². The van der Waals surface area contributed by atoms with Crippen molar-refractivity contribution in [1.82, 2.24) is 20.0 Å². The number of hydrogen-bond donors (Lipinski definition) is 1. The molecule has 1 aliphatic rings. The number of para-hydroxylation sites is 3. The van der Waals surface area contributed by atoms with E-state index in [0.717, 1.165) is 35.8 Å². The number of carbonyl (C=O) groups is 1. The van der Waals surface area contributed by atoms with Gasteiger partial charge in [0.05, 0.1) is 24.7 Å².